The maximum absolute atomic E-state index is 5.63. The Balaban J connectivity index is 2.18. The van der Waals surface area contributed by atoms with Crippen LogP contribution in [-0.2, 0) is 16.0 Å². The Morgan fingerprint density at radius 2 is 2.11 bits per heavy atom. The van der Waals surface area contributed by atoms with E-state index in [1.807, 2.05) is 19.2 Å². The fourth-order valence-electron chi connectivity index (χ4n) is 1.45. The van der Waals surface area contributed by atoms with Crippen molar-refractivity contribution in [2.24, 2.45) is 0 Å². The highest BCUT2D eigenvalue weighted by molar-refractivity contribution is 5.25. The van der Waals surface area contributed by atoms with Crippen LogP contribution in [0.3, 0.4) is 0 Å². The van der Waals surface area contributed by atoms with Gasteiger partial charge in [-0.05, 0) is 13.1 Å². The van der Waals surface area contributed by atoms with Crippen LogP contribution in [0.4, 0.5) is 0 Å². The van der Waals surface area contributed by atoms with E-state index in [-0.39, 0.29) is 0 Å². The Morgan fingerprint density at radius 3 is 2.89 bits per heavy atom. The van der Waals surface area contributed by atoms with Crippen LogP contribution < -0.4 is 10.1 Å². The van der Waals surface area contributed by atoms with Gasteiger partial charge in [0.15, 0.2) is 0 Å². The molecule has 0 amide bonds. The molecule has 0 bridgehead atoms. The van der Waals surface area contributed by atoms with Crippen molar-refractivity contribution in [2.75, 3.05) is 40.6 Å². The molecule has 1 N–H and O–H groups in total. The average molecular weight is 254 g/mol. The lowest BCUT2D eigenvalue weighted by Gasteiger charge is -2.09. The van der Waals surface area contributed by atoms with Crippen LogP contribution in [0, 0.1) is 0 Å². The van der Waals surface area contributed by atoms with Crippen molar-refractivity contribution in [3.05, 3.63) is 23.9 Å². The number of hydrogen-bond acceptors (Lipinski definition) is 5. The molecule has 0 saturated carbocycles. The molecule has 5 nitrogen and oxygen atoms in total. The molecule has 0 aliphatic carbocycles. The molecule has 0 radical (unpaired) electrons. The number of methoxy groups -OCH3 is 1. The lowest BCUT2D eigenvalue weighted by Crippen LogP contribution is -2.10. The maximum Gasteiger partial charge on any atom is 0.217 e. The summed E-state index contributed by atoms with van der Waals surface area (Å²) in [4.78, 5) is 4.22. The van der Waals surface area contributed by atoms with Crippen molar-refractivity contribution < 1.29 is 14.2 Å². The zero-order chi connectivity index (χ0) is 13.1. The molecule has 1 aromatic heterocycles. The quantitative estimate of drug-likeness (QED) is 0.637. The van der Waals surface area contributed by atoms with E-state index >= 15 is 0 Å². The Labute approximate surface area is 108 Å². The highest BCUT2D eigenvalue weighted by Gasteiger charge is 2.02. The SMILES string of the molecule is CNCc1cccnc1OCCCOCCOC. The topological polar surface area (TPSA) is 52.6 Å². The number of rotatable bonds is 10. The summed E-state index contributed by atoms with van der Waals surface area (Å²) >= 11 is 0. The third kappa shape index (κ3) is 5.95. The summed E-state index contributed by atoms with van der Waals surface area (Å²) in [6.07, 6.45) is 2.59. The summed E-state index contributed by atoms with van der Waals surface area (Å²) in [5.74, 6) is 0.698. The van der Waals surface area contributed by atoms with E-state index in [1.54, 1.807) is 13.3 Å². The van der Waals surface area contributed by atoms with E-state index in [0.717, 1.165) is 18.5 Å². The standard InChI is InChI=1S/C13H22N2O3/c1-14-11-12-5-3-6-15-13(12)18-8-4-7-17-10-9-16-2/h3,5-6,14H,4,7-11H2,1-2H3. The third-order valence-corrected chi connectivity index (χ3v) is 2.32. The van der Waals surface area contributed by atoms with Gasteiger partial charge in [0, 0.05) is 38.4 Å². The molecular weight excluding hydrogens is 232 g/mol. The summed E-state index contributed by atoms with van der Waals surface area (Å²) in [7, 11) is 3.57. The third-order valence-electron chi connectivity index (χ3n) is 2.32. The lowest BCUT2D eigenvalue weighted by molar-refractivity contribution is 0.0641. The number of pyridine rings is 1. The van der Waals surface area contributed by atoms with E-state index in [0.29, 0.717) is 32.3 Å². The van der Waals surface area contributed by atoms with Crippen LogP contribution in [0.1, 0.15) is 12.0 Å². The minimum Gasteiger partial charge on any atom is -0.477 e. The van der Waals surface area contributed by atoms with Crippen LogP contribution in [0.5, 0.6) is 5.88 Å². The zero-order valence-corrected chi connectivity index (χ0v) is 11.1. The Morgan fingerprint density at radius 1 is 1.22 bits per heavy atom. The predicted octanol–water partition coefficient (Wildman–Crippen LogP) is 1.23. The van der Waals surface area contributed by atoms with Crippen LogP contribution in [-0.4, -0.2) is 45.6 Å². The maximum atomic E-state index is 5.63. The van der Waals surface area contributed by atoms with E-state index < -0.39 is 0 Å². The Kier molecular flexibility index (Phi) is 8.12. The lowest BCUT2D eigenvalue weighted by atomic mass is 10.3. The second-order valence-electron chi connectivity index (χ2n) is 3.81. The van der Waals surface area contributed by atoms with Crippen molar-refractivity contribution in [1.29, 1.82) is 0 Å². The second kappa shape index (κ2) is 9.82. The van der Waals surface area contributed by atoms with E-state index in [1.165, 1.54) is 0 Å². The molecule has 18 heavy (non-hydrogen) atoms. The first-order valence-corrected chi connectivity index (χ1v) is 6.16. The van der Waals surface area contributed by atoms with Crippen molar-refractivity contribution >= 4 is 0 Å². The summed E-state index contributed by atoms with van der Waals surface area (Å²) in [5.41, 5.74) is 1.07. The van der Waals surface area contributed by atoms with Gasteiger partial charge in [-0.2, -0.15) is 0 Å². The first-order chi connectivity index (χ1) is 8.88. The minimum absolute atomic E-state index is 0.612. The van der Waals surface area contributed by atoms with Gasteiger partial charge in [0.2, 0.25) is 5.88 Å². The summed E-state index contributed by atoms with van der Waals surface area (Å²) in [5, 5.41) is 3.09. The average Bonchev–Trinajstić information content (AvgIpc) is 2.40. The van der Waals surface area contributed by atoms with Gasteiger partial charge in [0.1, 0.15) is 0 Å². The van der Waals surface area contributed by atoms with E-state index in [2.05, 4.69) is 10.3 Å². The molecular formula is C13H22N2O3. The van der Waals surface area contributed by atoms with Crippen molar-refractivity contribution in [3.8, 4) is 5.88 Å². The molecule has 102 valence electrons. The van der Waals surface area contributed by atoms with Crippen molar-refractivity contribution in [2.45, 2.75) is 13.0 Å². The number of hydrogen-bond donors (Lipinski definition) is 1. The normalized spacial score (nSPS) is 10.6. The van der Waals surface area contributed by atoms with Crippen LogP contribution in [0.25, 0.3) is 0 Å². The smallest absolute Gasteiger partial charge is 0.217 e. The van der Waals surface area contributed by atoms with Gasteiger partial charge in [-0.1, -0.05) is 6.07 Å². The van der Waals surface area contributed by atoms with Crippen LogP contribution in [0.2, 0.25) is 0 Å². The molecule has 0 atom stereocenters. The zero-order valence-electron chi connectivity index (χ0n) is 11.1. The van der Waals surface area contributed by atoms with Crippen molar-refractivity contribution in [1.82, 2.24) is 10.3 Å². The molecule has 5 heteroatoms. The first kappa shape index (κ1) is 14.9. The highest BCUT2D eigenvalue weighted by atomic mass is 16.5. The molecule has 0 saturated heterocycles. The second-order valence-corrected chi connectivity index (χ2v) is 3.81. The van der Waals surface area contributed by atoms with Gasteiger partial charge in [-0.3, -0.25) is 0 Å². The highest BCUT2D eigenvalue weighted by Crippen LogP contribution is 2.13. The number of nitrogens with one attached hydrogen (secondary N) is 1. The summed E-state index contributed by atoms with van der Waals surface area (Å²) in [6.45, 7) is 3.31. The molecule has 1 rings (SSSR count). The molecule has 1 aromatic rings. The monoisotopic (exact) mass is 254 g/mol. The number of nitrogens with zero attached hydrogens (tertiary/aromatic N) is 1. The molecule has 0 spiro atoms. The first-order valence-electron chi connectivity index (χ1n) is 6.16. The molecule has 0 fully saturated rings. The van der Waals surface area contributed by atoms with Gasteiger partial charge >= 0.3 is 0 Å². The summed E-state index contributed by atoms with van der Waals surface area (Å²) < 4.78 is 15.9. The largest absolute Gasteiger partial charge is 0.477 e. The molecule has 0 aliphatic heterocycles. The fourth-order valence-corrected chi connectivity index (χ4v) is 1.45. The molecule has 0 unspecified atom stereocenters. The van der Waals surface area contributed by atoms with Gasteiger partial charge in [0.25, 0.3) is 0 Å². The molecule has 0 aliphatic rings. The minimum atomic E-state index is 0.612. The van der Waals surface area contributed by atoms with Gasteiger partial charge < -0.3 is 19.5 Å². The Bertz CT molecular complexity index is 321. The van der Waals surface area contributed by atoms with Crippen LogP contribution >= 0.6 is 0 Å². The van der Waals surface area contributed by atoms with Gasteiger partial charge in [-0.25, -0.2) is 4.98 Å². The van der Waals surface area contributed by atoms with E-state index in [9.17, 15) is 0 Å². The Hall–Kier alpha value is -1.17. The van der Waals surface area contributed by atoms with E-state index in [4.69, 9.17) is 14.2 Å². The number of aromatic nitrogens is 1. The fraction of sp³-hybridized carbons (Fsp3) is 0.615. The summed E-state index contributed by atoms with van der Waals surface area (Å²) in [6, 6.07) is 3.92. The number of ether oxygens (including phenoxy) is 3. The van der Waals surface area contributed by atoms with Crippen LogP contribution in [0.15, 0.2) is 18.3 Å². The predicted molar refractivity (Wildman–Crippen MR) is 69.8 cm³/mol. The van der Waals surface area contributed by atoms with Gasteiger partial charge in [0.05, 0.1) is 19.8 Å². The van der Waals surface area contributed by atoms with Gasteiger partial charge in [-0.15, -0.1) is 0 Å². The van der Waals surface area contributed by atoms with Crippen molar-refractivity contribution in [3.63, 3.8) is 0 Å². The molecule has 0 aromatic carbocycles. The molecule has 1 heterocycles.